The molecular weight excluding hydrogens is 276 g/mol. The molecule has 0 aliphatic rings. The molecule has 3 aromatic rings. The molecule has 0 fully saturated rings. The molecule has 0 aliphatic heterocycles. The van der Waals surface area contributed by atoms with Crippen LogP contribution in [-0.2, 0) is 0 Å². The van der Waals surface area contributed by atoms with Crippen molar-refractivity contribution in [2.75, 3.05) is 0 Å². The second-order valence-corrected chi connectivity index (χ2v) is 4.87. The average molecular weight is 288 g/mol. The standard InChI is InChI=1S/C18H12N2O2/c1-3-13-6-4-7-14(10-13)20-11-16(12(2)21)17(22)15-8-5-9-19-18(15)20/h1,4-11H,2H3. The van der Waals surface area contributed by atoms with Crippen LogP contribution in [0.1, 0.15) is 22.8 Å². The molecule has 0 amide bonds. The Labute approximate surface area is 127 Å². The average Bonchev–Trinajstić information content (AvgIpc) is 2.55. The summed E-state index contributed by atoms with van der Waals surface area (Å²) in [6.07, 6.45) is 8.56. The van der Waals surface area contributed by atoms with E-state index in [-0.39, 0.29) is 16.8 Å². The van der Waals surface area contributed by atoms with Crippen molar-refractivity contribution in [3.8, 4) is 18.0 Å². The number of terminal acetylenes is 1. The second-order valence-electron chi connectivity index (χ2n) is 4.87. The minimum Gasteiger partial charge on any atom is -0.300 e. The molecule has 0 unspecified atom stereocenters. The number of carbonyl (C=O) groups is 1. The van der Waals surface area contributed by atoms with Gasteiger partial charge in [-0.3, -0.25) is 9.59 Å². The number of Topliss-reactive ketones (excluding diaryl/α,β-unsaturated/α-hetero) is 1. The summed E-state index contributed by atoms with van der Waals surface area (Å²) in [5.74, 6) is 2.29. The smallest absolute Gasteiger partial charge is 0.201 e. The molecule has 0 saturated carbocycles. The van der Waals surface area contributed by atoms with Gasteiger partial charge in [0.25, 0.3) is 0 Å². The zero-order valence-electron chi connectivity index (χ0n) is 11.9. The van der Waals surface area contributed by atoms with Crippen LogP contribution < -0.4 is 5.43 Å². The number of benzene rings is 1. The predicted octanol–water partition coefficient (Wildman–Crippen LogP) is 2.57. The monoisotopic (exact) mass is 288 g/mol. The molecule has 3 rings (SSSR count). The molecule has 0 atom stereocenters. The van der Waals surface area contributed by atoms with E-state index < -0.39 is 0 Å². The topological polar surface area (TPSA) is 52.0 Å². The number of aromatic nitrogens is 2. The second kappa shape index (κ2) is 5.30. The number of fused-ring (bicyclic) bond motifs is 1. The quantitative estimate of drug-likeness (QED) is 0.538. The van der Waals surface area contributed by atoms with Crippen LogP contribution in [0.25, 0.3) is 16.7 Å². The van der Waals surface area contributed by atoms with Crippen LogP contribution in [0.4, 0.5) is 0 Å². The van der Waals surface area contributed by atoms with E-state index in [0.29, 0.717) is 16.6 Å². The molecule has 22 heavy (non-hydrogen) atoms. The van der Waals surface area contributed by atoms with Crippen molar-refractivity contribution >= 4 is 16.8 Å². The lowest BCUT2D eigenvalue weighted by molar-refractivity contribution is 0.101. The van der Waals surface area contributed by atoms with Crippen molar-refractivity contribution in [1.29, 1.82) is 0 Å². The summed E-state index contributed by atoms with van der Waals surface area (Å²) in [5.41, 5.74) is 1.78. The number of hydrogen-bond acceptors (Lipinski definition) is 3. The summed E-state index contributed by atoms with van der Waals surface area (Å²) in [6.45, 7) is 1.38. The zero-order chi connectivity index (χ0) is 15.7. The fourth-order valence-corrected chi connectivity index (χ4v) is 2.35. The molecule has 0 spiro atoms. The Balaban J connectivity index is 2.43. The van der Waals surface area contributed by atoms with E-state index >= 15 is 0 Å². The third-order valence-corrected chi connectivity index (χ3v) is 3.43. The fraction of sp³-hybridized carbons (Fsp3) is 0.0556. The van der Waals surface area contributed by atoms with Gasteiger partial charge in [-0.1, -0.05) is 12.0 Å². The zero-order valence-corrected chi connectivity index (χ0v) is 11.9. The van der Waals surface area contributed by atoms with Gasteiger partial charge < -0.3 is 4.57 Å². The third-order valence-electron chi connectivity index (χ3n) is 3.43. The largest absolute Gasteiger partial charge is 0.300 e. The first-order valence-electron chi connectivity index (χ1n) is 6.70. The van der Waals surface area contributed by atoms with Gasteiger partial charge in [-0.05, 0) is 37.3 Å². The van der Waals surface area contributed by atoms with Crippen molar-refractivity contribution < 1.29 is 4.79 Å². The van der Waals surface area contributed by atoms with Crippen molar-refractivity contribution in [3.63, 3.8) is 0 Å². The van der Waals surface area contributed by atoms with Crippen molar-refractivity contribution in [3.05, 3.63) is 70.1 Å². The maximum absolute atomic E-state index is 12.4. The molecule has 0 aliphatic carbocycles. The van der Waals surface area contributed by atoms with Crippen LogP contribution >= 0.6 is 0 Å². The normalized spacial score (nSPS) is 10.4. The first-order chi connectivity index (χ1) is 10.6. The number of nitrogens with zero attached hydrogens (tertiary/aromatic N) is 2. The van der Waals surface area contributed by atoms with Gasteiger partial charge in [-0.2, -0.15) is 0 Å². The summed E-state index contributed by atoms with van der Waals surface area (Å²) in [6, 6.07) is 10.6. The number of hydrogen-bond donors (Lipinski definition) is 0. The molecule has 106 valence electrons. The maximum atomic E-state index is 12.4. The Bertz CT molecular complexity index is 994. The Hall–Kier alpha value is -3.19. The van der Waals surface area contributed by atoms with Gasteiger partial charge >= 0.3 is 0 Å². The van der Waals surface area contributed by atoms with Gasteiger partial charge in [0.05, 0.1) is 10.9 Å². The maximum Gasteiger partial charge on any atom is 0.201 e. The Morgan fingerprint density at radius 3 is 2.82 bits per heavy atom. The highest BCUT2D eigenvalue weighted by molar-refractivity contribution is 5.97. The highest BCUT2D eigenvalue weighted by atomic mass is 16.1. The molecule has 0 saturated heterocycles. The van der Waals surface area contributed by atoms with Gasteiger partial charge in [0, 0.05) is 23.6 Å². The summed E-state index contributed by atoms with van der Waals surface area (Å²) in [5, 5.41) is 0.404. The molecule has 4 nitrogen and oxygen atoms in total. The first kappa shape index (κ1) is 13.8. The van der Waals surface area contributed by atoms with Crippen LogP contribution in [0.3, 0.4) is 0 Å². The number of carbonyl (C=O) groups excluding carboxylic acids is 1. The third kappa shape index (κ3) is 2.19. The lowest BCUT2D eigenvalue weighted by atomic mass is 10.1. The molecule has 0 N–H and O–H groups in total. The minimum atomic E-state index is -0.306. The lowest BCUT2D eigenvalue weighted by Gasteiger charge is -2.12. The van der Waals surface area contributed by atoms with Crippen LogP contribution in [0.2, 0.25) is 0 Å². The van der Waals surface area contributed by atoms with Crippen molar-refractivity contribution in [2.24, 2.45) is 0 Å². The number of rotatable bonds is 2. The molecule has 0 bridgehead atoms. The van der Waals surface area contributed by atoms with Gasteiger partial charge in [0.15, 0.2) is 5.78 Å². The van der Waals surface area contributed by atoms with E-state index in [9.17, 15) is 9.59 Å². The number of ketones is 1. The van der Waals surface area contributed by atoms with Crippen molar-refractivity contribution in [2.45, 2.75) is 6.92 Å². The van der Waals surface area contributed by atoms with Crippen LogP contribution in [0.15, 0.2) is 53.6 Å². The highest BCUT2D eigenvalue weighted by Crippen LogP contribution is 2.17. The Kier molecular flexibility index (Phi) is 3.32. The van der Waals surface area contributed by atoms with Crippen LogP contribution in [0, 0.1) is 12.3 Å². The van der Waals surface area contributed by atoms with Gasteiger partial charge in [-0.25, -0.2) is 4.98 Å². The van der Waals surface area contributed by atoms with Crippen LogP contribution in [-0.4, -0.2) is 15.3 Å². The minimum absolute atomic E-state index is 0.131. The van der Waals surface area contributed by atoms with E-state index in [1.54, 1.807) is 22.9 Å². The molecule has 0 radical (unpaired) electrons. The Morgan fingerprint density at radius 1 is 1.27 bits per heavy atom. The van der Waals surface area contributed by atoms with E-state index in [2.05, 4.69) is 10.9 Å². The Morgan fingerprint density at radius 2 is 2.09 bits per heavy atom. The fourth-order valence-electron chi connectivity index (χ4n) is 2.35. The van der Waals surface area contributed by atoms with E-state index in [0.717, 1.165) is 5.69 Å². The van der Waals surface area contributed by atoms with Gasteiger partial charge in [0.1, 0.15) is 5.65 Å². The summed E-state index contributed by atoms with van der Waals surface area (Å²) >= 11 is 0. The van der Waals surface area contributed by atoms with Crippen LogP contribution in [0.5, 0.6) is 0 Å². The van der Waals surface area contributed by atoms with E-state index in [1.165, 1.54) is 13.1 Å². The molecule has 2 aromatic heterocycles. The highest BCUT2D eigenvalue weighted by Gasteiger charge is 2.13. The lowest BCUT2D eigenvalue weighted by Crippen LogP contribution is -2.17. The van der Waals surface area contributed by atoms with E-state index in [1.807, 2.05) is 24.3 Å². The van der Waals surface area contributed by atoms with Gasteiger partial charge in [-0.15, -0.1) is 6.42 Å². The summed E-state index contributed by atoms with van der Waals surface area (Å²) in [7, 11) is 0. The number of pyridine rings is 2. The molecule has 2 heterocycles. The summed E-state index contributed by atoms with van der Waals surface area (Å²) in [4.78, 5) is 28.4. The first-order valence-corrected chi connectivity index (χ1v) is 6.70. The molecule has 4 heteroatoms. The van der Waals surface area contributed by atoms with Crippen molar-refractivity contribution in [1.82, 2.24) is 9.55 Å². The van der Waals surface area contributed by atoms with Gasteiger partial charge in [0.2, 0.25) is 5.43 Å². The van der Waals surface area contributed by atoms with E-state index in [4.69, 9.17) is 6.42 Å². The SMILES string of the molecule is C#Cc1cccc(-n2cc(C(C)=O)c(=O)c3cccnc32)c1. The predicted molar refractivity (Wildman–Crippen MR) is 85.3 cm³/mol. The molecular formula is C18H12N2O2. The summed E-state index contributed by atoms with van der Waals surface area (Å²) < 4.78 is 1.72. The molecule has 1 aromatic carbocycles.